The monoisotopic (exact) mass is 421 g/mol. The number of aromatic nitrogens is 4. The first kappa shape index (κ1) is 22.1. The topological polar surface area (TPSA) is 101 Å². The standard InChI is InChI=1S/C20H31N5O5/c1-13(2)6-11-25-16-17(22(3)20(28)23(4)18(16)27)21-19(25)30-14-7-9-24(10-8-14)15(26)12-29-5/h13-14H,6-12H2,1-5H3. The highest BCUT2D eigenvalue weighted by Crippen LogP contribution is 2.23. The molecule has 3 rings (SSSR count). The highest BCUT2D eigenvalue weighted by molar-refractivity contribution is 5.77. The Morgan fingerprint density at radius 2 is 1.83 bits per heavy atom. The van der Waals surface area contributed by atoms with Crippen LogP contribution in [0.25, 0.3) is 11.2 Å². The van der Waals surface area contributed by atoms with Crippen molar-refractivity contribution in [3.63, 3.8) is 0 Å². The number of ether oxygens (including phenoxy) is 2. The third kappa shape index (κ3) is 4.28. The van der Waals surface area contributed by atoms with E-state index in [2.05, 4.69) is 18.8 Å². The molecule has 3 heterocycles. The number of amides is 1. The van der Waals surface area contributed by atoms with E-state index in [4.69, 9.17) is 9.47 Å². The van der Waals surface area contributed by atoms with Crippen LogP contribution in [0.3, 0.4) is 0 Å². The van der Waals surface area contributed by atoms with Crippen LogP contribution in [0.5, 0.6) is 6.01 Å². The normalized spacial score (nSPS) is 15.3. The quantitative estimate of drug-likeness (QED) is 0.645. The fourth-order valence-corrected chi connectivity index (χ4v) is 3.70. The van der Waals surface area contributed by atoms with E-state index in [-0.39, 0.29) is 24.2 Å². The van der Waals surface area contributed by atoms with Crippen LogP contribution in [-0.4, -0.2) is 62.4 Å². The van der Waals surface area contributed by atoms with Crippen molar-refractivity contribution in [3.8, 4) is 6.01 Å². The molecule has 0 saturated carbocycles. The van der Waals surface area contributed by atoms with E-state index in [1.54, 1.807) is 16.5 Å². The minimum absolute atomic E-state index is 0.0291. The van der Waals surface area contributed by atoms with Gasteiger partial charge in [-0.25, -0.2) is 4.79 Å². The molecule has 0 aromatic carbocycles. The number of nitrogens with zero attached hydrogens (tertiary/aromatic N) is 5. The van der Waals surface area contributed by atoms with E-state index in [0.717, 1.165) is 11.0 Å². The number of piperidine rings is 1. The molecular weight excluding hydrogens is 390 g/mol. The Labute approximate surface area is 175 Å². The van der Waals surface area contributed by atoms with Crippen LogP contribution >= 0.6 is 0 Å². The molecule has 0 aliphatic carbocycles. The van der Waals surface area contributed by atoms with Crippen LogP contribution < -0.4 is 16.0 Å². The van der Waals surface area contributed by atoms with Gasteiger partial charge < -0.3 is 14.4 Å². The molecule has 2 aromatic rings. The average molecular weight is 421 g/mol. The number of rotatable bonds is 7. The molecule has 1 aliphatic heterocycles. The van der Waals surface area contributed by atoms with Crippen molar-refractivity contribution >= 4 is 17.1 Å². The van der Waals surface area contributed by atoms with Gasteiger partial charge in [0.1, 0.15) is 12.7 Å². The highest BCUT2D eigenvalue weighted by Gasteiger charge is 2.27. The molecule has 1 amide bonds. The summed E-state index contributed by atoms with van der Waals surface area (Å²) in [6, 6.07) is 0.352. The Hall–Kier alpha value is -2.62. The van der Waals surface area contributed by atoms with Gasteiger partial charge in [0.05, 0.1) is 0 Å². The predicted octanol–water partition coefficient (Wildman–Crippen LogP) is 0.496. The van der Waals surface area contributed by atoms with Gasteiger partial charge >= 0.3 is 5.69 Å². The molecule has 0 spiro atoms. The number of methoxy groups -OCH3 is 1. The zero-order valence-corrected chi connectivity index (χ0v) is 18.4. The van der Waals surface area contributed by atoms with E-state index < -0.39 is 5.69 Å². The molecule has 0 N–H and O–H groups in total. The first-order valence-corrected chi connectivity index (χ1v) is 10.3. The van der Waals surface area contributed by atoms with Gasteiger partial charge in [-0.15, -0.1) is 0 Å². The van der Waals surface area contributed by atoms with E-state index in [1.165, 1.54) is 18.7 Å². The zero-order chi connectivity index (χ0) is 22.0. The molecular formula is C20H31N5O5. The Kier molecular flexibility index (Phi) is 6.64. The van der Waals surface area contributed by atoms with Crippen molar-refractivity contribution in [2.24, 2.45) is 20.0 Å². The predicted molar refractivity (Wildman–Crippen MR) is 112 cm³/mol. The molecule has 2 aromatic heterocycles. The molecule has 10 heteroatoms. The van der Waals surface area contributed by atoms with Crippen LogP contribution in [0.15, 0.2) is 9.59 Å². The van der Waals surface area contributed by atoms with Crippen LogP contribution in [0.2, 0.25) is 0 Å². The van der Waals surface area contributed by atoms with Gasteiger partial charge in [-0.05, 0) is 12.3 Å². The van der Waals surface area contributed by atoms with E-state index in [1.807, 2.05) is 0 Å². The summed E-state index contributed by atoms with van der Waals surface area (Å²) in [6.45, 7) is 6.04. The molecule has 0 atom stereocenters. The third-order valence-corrected chi connectivity index (χ3v) is 5.58. The van der Waals surface area contributed by atoms with Crippen LogP contribution in [0.1, 0.15) is 33.1 Å². The first-order valence-electron chi connectivity index (χ1n) is 10.3. The summed E-state index contributed by atoms with van der Waals surface area (Å²) < 4.78 is 15.4. The Morgan fingerprint density at radius 1 is 1.17 bits per heavy atom. The van der Waals surface area contributed by atoms with E-state index in [0.29, 0.717) is 55.6 Å². The molecule has 0 radical (unpaired) electrons. The van der Waals surface area contributed by atoms with Crippen molar-refractivity contribution in [2.75, 3.05) is 26.8 Å². The van der Waals surface area contributed by atoms with Crippen molar-refractivity contribution in [1.82, 2.24) is 23.6 Å². The number of likely N-dealkylation sites (tertiary alicyclic amines) is 1. The van der Waals surface area contributed by atoms with Gasteiger partial charge in [0.25, 0.3) is 11.6 Å². The molecule has 1 aliphatic rings. The molecule has 0 bridgehead atoms. The smallest absolute Gasteiger partial charge is 0.332 e. The summed E-state index contributed by atoms with van der Waals surface area (Å²) in [5.74, 6) is 0.403. The highest BCUT2D eigenvalue weighted by atomic mass is 16.5. The van der Waals surface area contributed by atoms with Crippen molar-refractivity contribution in [2.45, 2.75) is 45.8 Å². The van der Waals surface area contributed by atoms with Crippen molar-refractivity contribution in [3.05, 3.63) is 20.8 Å². The van der Waals surface area contributed by atoms with Gasteiger partial charge in [-0.1, -0.05) is 13.8 Å². The summed E-state index contributed by atoms with van der Waals surface area (Å²) in [5, 5.41) is 0. The molecule has 10 nitrogen and oxygen atoms in total. The van der Waals surface area contributed by atoms with Gasteiger partial charge in [-0.2, -0.15) is 4.98 Å². The number of fused-ring (bicyclic) bond motifs is 1. The maximum Gasteiger partial charge on any atom is 0.332 e. The average Bonchev–Trinajstić information content (AvgIpc) is 3.08. The summed E-state index contributed by atoms with van der Waals surface area (Å²) >= 11 is 0. The lowest BCUT2D eigenvalue weighted by Crippen LogP contribution is -2.43. The molecule has 1 fully saturated rings. The lowest BCUT2D eigenvalue weighted by molar-refractivity contribution is -0.136. The van der Waals surface area contributed by atoms with Gasteiger partial charge in [0.2, 0.25) is 5.91 Å². The van der Waals surface area contributed by atoms with Crippen molar-refractivity contribution in [1.29, 1.82) is 0 Å². The fourth-order valence-electron chi connectivity index (χ4n) is 3.70. The summed E-state index contributed by atoms with van der Waals surface area (Å²) in [7, 11) is 4.58. The second kappa shape index (κ2) is 9.03. The number of carbonyl (C=O) groups excluding carboxylic acids is 1. The van der Waals surface area contributed by atoms with Crippen LogP contribution in [0, 0.1) is 5.92 Å². The Bertz CT molecular complexity index is 1030. The third-order valence-electron chi connectivity index (χ3n) is 5.58. The minimum atomic E-state index is -0.419. The van der Waals surface area contributed by atoms with E-state index >= 15 is 0 Å². The lowest BCUT2D eigenvalue weighted by Gasteiger charge is -2.31. The second-order valence-electron chi connectivity index (χ2n) is 8.24. The van der Waals surface area contributed by atoms with Crippen molar-refractivity contribution < 1.29 is 14.3 Å². The van der Waals surface area contributed by atoms with E-state index in [9.17, 15) is 14.4 Å². The number of hydrogen-bond acceptors (Lipinski definition) is 6. The van der Waals surface area contributed by atoms with Gasteiger partial charge in [0.15, 0.2) is 11.2 Å². The summed E-state index contributed by atoms with van der Waals surface area (Å²) in [4.78, 5) is 43.4. The first-order chi connectivity index (χ1) is 14.2. The fraction of sp³-hybridized carbons (Fsp3) is 0.700. The Balaban J connectivity index is 1.90. The number of carbonyl (C=O) groups is 1. The number of hydrogen-bond donors (Lipinski definition) is 0. The Morgan fingerprint density at radius 3 is 2.43 bits per heavy atom. The summed E-state index contributed by atoms with van der Waals surface area (Å²) in [5.41, 5.74) is -0.0887. The number of imidazole rings is 1. The van der Waals surface area contributed by atoms with Gasteiger partial charge in [-0.3, -0.25) is 23.3 Å². The zero-order valence-electron chi connectivity index (χ0n) is 18.4. The molecule has 1 saturated heterocycles. The van der Waals surface area contributed by atoms with Crippen LogP contribution in [-0.2, 0) is 30.2 Å². The maximum absolute atomic E-state index is 12.8. The lowest BCUT2D eigenvalue weighted by atomic mass is 10.1. The largest absolute Gasteiger partial charge is 0.461 e. The maximum atomic E-state index is 12.8. The second-order valence-corrected chi connectivity index (χ2v) is 8.24. The molecule has 30 heavy (non-hydrogen) atoms. The van der Waals surface area contributed by atoms with Crippen LogP contribution in [0.4, 0.5) is 0 Å². The minimum Gasteiger partial charge on any atom is -0.461 e. The summed E-state index contributed by atoms with van der Waals surface area (Å²) in [6.07, 6.45) is 2.06. The molecule has 166 valence electrons. The molecule has 0 unspecified atom stereocenters. The number of aryl methyl sites for hydroxylation is 2. The SMILES string of the molecule is COCC(=O)N1CCC(Oc2nc3c(c(=O)n(C)c(=O)n3C)n2CCC(C)C)CC1. The van der Waals surface area contributed by atoms with Gasteiger partial charge in [0, 0.05) is 53.7 Å².